The van der Waals surface area contributed by atoms with Crippen molar-refractivity contribution in [2.75, 3.05) is 0 Å². The quantitative estimate of drug-likeness (QED) is 0.229. The first-order chi connectivity index (χ1) is 19.2. The van der Waals surface area contributed by atoms with Crippen LogP contribution in [0.3, 0.4) is 0 Å². The van der Waals surface area contributed by atoms with Crippen molar-refractivity contribution in [2.45, 2.75) is 5.41 Å². The van der Waals surface area contributed by atoms with E-state index in [2.05, 4.69) is 82.8 Å². The van der Waals surface area contributed by atoms with Crippen LogP contribution in [0, 0.1) is 0 Å². The van der Waals surface area contributed by atoms with Crippen LogP contribution in [0.25, 0.3) is 33.9 Å². The van der Waals surface area contributed by atoms with Crippen molar-refractivity contribution in [3.05, 3.63) is 149 Å². The Bertz CT molecular complexity index is 1870. The summed E-state index contributed by atoms with van der Waals surface area (Å²) in [6.45, 7) is 0. The minimum absolute atomic E-state index is 0.157. The molecule has 2 aliphatic rings. The molecule has 0 unspecified atom stereocenters. The zero-order chi connectivity index (χ0) is 26.0. The van der Waals surface area contributed by atoms with Gasteiger partial charge in [0.05, 0.1) is 5.41 Å². The second-order valence-corrected chi connectivity index (χ2v) is 10.1. The van der Waals surface area contributed by atoms with Gasteiger partial charge in [-0.1, -0.05) is 97.1 Å². The van der Waals surface area contributed by atoms with E-state index >= 15 is 0 Å². The summed E-state index contributed by atoms with van der Waals surface area (Å²) in [6, 6.07) is 41.7. The summed E-state index contributed by atoms with van der Waals surface area (Å²) in [5, 5.41) is 0.157. The van der Waals surface area contributed by atoms with Gasteiger partial charge in [-0.15, -0.1) is 0 Å². The first-order valence-corrected chi connectivity index (χ1v) is 13.2. The van der Waals surface area contributed by atoms with Gasteiger partial charge in [0.25, 0.3) is 0 Å². The fourth-order valence-electron chi connectivity index (χ4n) is 6.19. The standard InChI is InChI=1S/C34H20ClN3O/c35-33-37-31(21-10-2-1-3-11-21)36-32(38-33)22-18-19-30-28(20-22)34(27-16-8-9-17-29(27)39-30)25-14-6-4-12-23(25)24-13-5-7-15-26(24)34/h1-20H. The highest BCUT2D eigenvalue weighted by Gasteiger charge is 2.51. The lowest BCUT2D eigenvalue weighted by molar-refractivity contribution is 0.436. The third-order valence-electron chi connectivity index (χ3n) is 7.75. The first-order valence-electron chi connectivity index (χ1n) is 12.8. The predicted octanol–water partition coefficient (Wildman–Crippen LogP) is 8.33. The number of aromatic nitrogens is 3. The summed E-state index contributed by atoms with van der Waals surface area (Å²) >= 11 is 6.43. The van der Waals surface area contributed by atoms with Crippen LogP contribution in [0.4, 0.5) is 0 Å². The zero-order valence-electron chi connectivity index (χ0n) is 20.7. The Hall–Kier alpha value is -4.80. The number of rotatable bonds is 2. The normalized spacial score (nSPS) is 13.7. The lowest BCUT2D eigenvalue weighted by atomic mass is 9.66. The zero-order valence-corrected chi connectivity index (χ0v) is 21.4. The fraction of sp³-hybridized carbons (Fsp3) is 0.0294. The third-order valence-corrected chi connectivity index (χ3v) is 7.91. The number of benzene rings is 5. The largest absolute Gasteiger partial charge is 0.457 e. The summed E-state index contributed by atoms with van der Waals surface area (Å²) in [5.41, 5.74) is 8.28. The van der Waals surface area contributed by atoms with Crippen molar-refractivity contribution >= 4 is 11.6 Å². The van der Waals surface area contributed by atoms with Gasteiger partial charge in [-0.2, -0.15) is 9.97 Å². The number of hydrogen-bond donors (Lipinski definition) is 0. The fourth-order valence-corrected chi connectivity index (χ4v) is 6.35. The predicted molar refractivity (Wildman–Crippen MR) is 153 cm³/mol. The van der Waals surface area contributed by atoms with Crippen molar-refractivity contribution in [1.82, 2.24) is 15.0 Å². The van der Waals surface area contributed by atoms with Gasteiger partial charge >= 0.3 is 0 Å². The molecule has 1 aliphatic heterocycles. The van der Waals surface area contributed by atoms with Gasteiger partial charge in [0.1, 0.15) is 11.5 Å². The molecule has 5 aromatic carbocycles. The molecular formula is C34H20ClN3O. The molecule has 0 radical (unpaired) electrons. The molecule has 8 rings (SSSR count). The van der Waals surface area contributed by atoms with Gasteiger partial charge < -0.3 is 4.74 Å². The summed E-state index contributed by atoms with van der Waals surface area (Å²) in [7, 11) is 0. The van der Waals surface area contributed by atoms with E-state index in [1.807, 2.05) is 48.5 Å². The van der Waals surface area contributed by atoms with E-state index in [1.54, 1.807) is 0 Å². The summed E-state index contributed by atoms with van der Waals surface area (Å²) in [5.74, 6) is 2.73. The molecule has 1 aliphatic carbocycles. The Kier molecular flexibility index (Phi) is 4.76. The summed E-state index contributed by atoms with van der Waals surface area (Å²) in [4.78, 5) is 13.7. The van der Waals surface area contributed by atoms with Gasteiger partial charge in [-0.25, -0.2) is 4.98 Å². The van der Waals surface area contributed by atoms with E-state index < -0.39 is 5.41 Å². The van der Waals surface area contributed by atoms with Gasteiger partial charge in [-0.3, -0.25) is 0 Å². The molecule has 0 atom stereocenters. The van der Waals surface area contributed by atoms with Gasteiger partial charge in [0.15, 0.2) is 11.6 Å². The van der Waals surface area contributed by atoms with Crippen LogP contribution in [0.2, 0.25) is 5.28 Å². The average Bonchev–Trinajstić information content (AvgIpc) is 3.28. The maximum Gasteiger partial charge on any atom is 0.226 e. The molecule has 0 saturated heterocycles. The summed E-state index contributed by atoms with van der Waals surface area (Å²) in [6.07, 6.45) is 0. The SMILES string of the molecule is Clc1nc(-c2ccccc2)nc(-c2ccc3c(c2)C2(c4ccccc4O3)c3ccccc3-c3ccccc32)n1. The lowest BCUT2D eigenvalue weighted by Gasteiger charge is -2.39. The van der Waals surface area contributed by atoms with Gasteiger partial charge in [0, 0.05) is 22.3 Å². The van der Waals surface area contributed by atoms with Crippen LogP contribution in [0.1, 0.15) is 22.3 Å². The highest BCUT2D eigenvalue weighted by atomic mass is 35.5. The molecule has 6 aromatic rings. The number of fused-ring (bicyclic) bond motifs is 9. The Morgan fingerprint density at radius 2 is 1.05 bits per heavy atom. The summed E-state index contributed by atoms with van der Waals surface area (Å²) < 4.78 is 6.52. The number of nitrogens with zero attached hydrogens (tertiary/aromatic N) is 3. The molecule has 0 fully saturated rings. The molecule has 1 spiro atoms. The molecule has 4 nitrogen and oxygen atoms in total. The number of para-hydroxylation sites is 1. The van der Waals surface area contributed by atoms with Crippen LogP contribution in [0.5, 0.6) is 11.5 Å². The maximum absolute atomic E-state index is 6.52. The molecular weight excluding hydrogens is 502 g/mol. The van der Waals surface area contributed by atoms with Crippen LogP contribution in [-0.2, 0) is 5.41 Å². The Morgan fingerprint density at radius 3 is 1.77 bits per heavy atom. The molecule has 0 amide bonds. The van der Waals surface area contributed by atoms with Crippen molar-refractivity contribution in [1.29, 1.82) is 0 Å². The minimum Gasteiger partial charge on any atom is -0.457 e. The minimum atomic E-state index is -0.549. The topological polar surface area (TPSA) is 47.9 Å². The molecule has 5 heteroatoms. The van der Waals surface area contributed by atoms with Crippen molar-refractivity contribution in [2.24, 2.45) is 0 Å². The number of hydrogen-bond acceptors (Lipinski definition) is 4. The molecule has 2 heterocycles. The van der Waals surface area contributed by atoms with Gasteiger partial charge in [0.2, 0.25) is 5.28 Å². The lowest BCUT2D eigenvalue weighted by Crippen LogP contribution is -2.32. The van der Waals surface area contributed by atoms with E-state index in [-0.39, 0.29) is 5.28 Å². The second kappa shape index (κ2) is 8.35. The Labute approximate surface area is 230 Å². The molecule has 0 saturated carbocycles. The van der Waals surface area contributed by atoms with Crippen molar-refractivity contribution in [3.8, 4) is 45.4 Å². The molecule has 39 heavy (non-hydrogen) atoms. The smallest absolute Gasteiger partial charge is 0.226 e. The molecule has 0 N–H and O–H groups in total. The monoisotopic (exact) mass is 521 g/mol. The Morgan fingerprint density at radius 1 is 0.487 bits per heavy atom. The highest BCUT2D eigenvalue weighted by molar-refractivity contribution is 6.28. The molecule has 1 aromatic heterocycles. The third kappa shape index (κ3) is 3.16. The van der Waals surface area contributed by atoms with Crippen molar-refractivity contribution in [3.63, 3.8) is 0 Å². The number of ether oxygens (including phenoxy) is 1. The number of halogens is 1. The van der Waals surface area contributed by atoms with Crippen LogP contribution < -0.4 is 4.74 Å². The van der Waals surface area contributed by atoms with E-state index in [9.17, 15) is 0 Å². The van der Waals surface area contributed by atoms with Gasteiger partial charge in [-0.05, 0) is 58.1 Å². The van der Waals surface area contributed by atoms with E-state index in [0.29, 0.717) is 11.6 Å². The second-order valence-electron chi connectivity index (χ2n) is 9.77. The van der Waals surface area contributed by atoms with Crippen molar-refractivity contribution < 1.29 is 4.74 Å². The van der Waals surface area contributed by atoms with E-state index in [4.69, 9.17) is 21.3 Å². The molecule has 0 bridgehead atoms. The first kappa shape index (κ1) is 22.2. The molecule has 184 valence electrons. The van der Waals surface area contributed by atoms with Crippen LogP contribution >= 0.6 is 11.6 Å². The van der Waals surface area contributed by atoms with Crippen LogP contribution in [-0.4, -0.2) is 15.0 Å². The van der Waals surface area contributed by atoms with Crippen LogP contribution in [0.15, 0.2) is 121 Å². The van der Waals surface area contributed by atoms with E-state index in [0.717, 1.165) is 33.8 Å². The maximum atomic E-state index is 6.52. The average molecular weight is 522 g/mol. The van der Waals surface area contributed by atoms with E-state index in [1.165, 1.54) is 22.3 Å². The Balaban J connectivity index is 1.42. The highest BCUT2D eigenvalue weighted by Crippen LogP contribution is 2.62.